The Kier molecular flexibility index (Phi) is 4.54. The van der Waals surface area contributed by atoms with Gasteiger partial charge >= 0.3 is 12.0 Å². The van der Waals surface area contributed by atoms with E-state index in [2.05, 4.69) is 5.32 Å². The number of rotatable bonds is 3. The summed E-state index contributed by atoms with van der Waals surface area (Å²) in [6.07, 6.45) is 0. The van der Waals surface area contributed by atoms with Crippen LogP contribution in [0.5, 0.6) is 0 Å². The lowest BCUT2D eigenvalue weighted by molar-refractivity contribution is -0.130. The van der Waals surface area contributed by atoms with E-state index in [1.165, 1.54) is 12.1 Å². The second kappa shape index (κ2) is 6.19. The summed E-state index contributed by atoms with van der Waals surface area (Å²) in [7, 11) is 0. The molecule has 1 fully saturated rings. The number of urea groups is 1. The van der Waals surface area contributed by atoms with Gasteiger partial charge in [0.05, 0.1) is 16.3 Å². The molecule has 1 aliphatic heterocycles. The molecule has 1 aromatic carbocycles. The van der Waals surface area contributed by atoms with Crippen molar-refractivity contribution in [1.82, 2.24) is 10.2 Å². The van der Waals surface area contributed by atoms with Crippen LogP contribution in [0.15, 0.2) is 12.1 Å². The molecule has 0 spiro atoms. The van der Waals surface area contributed by atoms with Gasteiger partial charge in [0, 0.05) is 18.1 Å². The van der Waals surface area contributed by atoms with Gasteiger partial charge in [-0.25, -0.2) is 9.59 Å². The number of nitrogens with zero attached hydrogens (tertiary/aromatic N) is 1. The standard InChI is InChI=1S/C12H11Cl2N3O4/c13-6-3-7(10(15)8(14)4-6)11(19)21-5-9(18)17-2-1-16-12(17)20/h3-4H,1-2,5,15H2,(H,16,20). The molecular formula is C12H11Cl2N3O4. The third-order valence-corrected chi connectivity index (χ3v) is 3.33. The highest BCUT2D eigenvalue weighted by Gasteiger charge is 2.27. The lowest BCUT2D eigenvalue weighted by atomic mass is 10.2. The molecule has 0 aliphatic carbocycles. The number of carbonyl (C=O) groups is 3. The first-order valence-corrected chi connectivity index (χ1v) is 6.65. The second-order valence-electron chi connectivity index (χ2n) is 4.20. The highest BCUT2D eigenvalue weighted by Crippen LogP contribution is 2.28. The van der Waals surface area contributed by atoms with Gasteiger partial charge in [-0.2, -0.15) is 0 Å². The molecule has 0 bridgehead atoms. The minimum atomic E-state index is -0.843. The molecule has 0 unspecified atom stereocenters. The molecule has 1 saturated heterocycles. The second-order valence-corrected chi connectivity index (χ2v) is 5.05. The van der Waals surface area contributed by atoms with Crippen LogP contribution in [-0.2, 0) is 9.53 Å². The molecule has 1 aliphatic rings. The topological polar surface area (TPSA) is 102 Å². The number of nitrogen functional groups attached to an aromatic ring is 1. The van der Waals surface area contributed by atoms with Gasteiger partial charge in [0.2, 0.25) is 0 Å². The number of hydrogen-bond donors (Lipinski definition) is 2. The fraction of sp³-hybridized carbons (Fsp3) is 0.250. The molecule has 2 rings (SSSR count). The highest BCUT2D eigenvalue weighted by atomic mass is 35.5. The van der Waals surface area contributed by atoms with Crippen LogP contribution in [-0.4, -0.2) is 42.5 Å². The molecule has 3 amide bonds. The average molecular weight is 332 g/mol. The molecule has 0 atom stereocenters. The maximum Gasteiger partial charge on any atom is 0.340 e. The van der Waals surface area contributed by atoms with Gasteiger partial charge in [-0.1, -0.05) is 23.2 Å². The Morgan fingerprint density at radius 1 is 1.38 bits per heavy atom. The van der Waals surface area contributed by atoms with Crippen molar-refractivity contribution in [2.45, 2.75) is 0 Å². The quantitative estimate of drug-likeness (QED) is 0.641. The predicted molar refractivity (Wildman–Crippen MR) is 76.3 cm³/mol. The van der Waals surface area contributed by atoms with E-state index in [9.17, 15) is 14.4 Å². The zero-order valence-electron chi connectivity index (χ0n) is 10.7. The van der Waals surface area contributed by atoms with Gasteiger partial charge in [0.1, 0.15) is 0 Å². The van der Waals surface area contributed by atoms with Crippen LogP contribution in [0.25, 0.3) is 0 Å². The van der Waals surface area contributed by atoms with Crippen LogP contribution in [0.4, 0.5) is 10.5 Å². The Morgan fingerprint density at radius 3 is 2.71 bits per heavy atom. The van der Waals surface area contributed by atoms with E-state index in [-0.39, 0.29) is 27.8 Å². The van der Waals surface area contributed by atoms with Crippen LogP contribution in [0.2, 0.25) is 10.0 Å². The smallest absolute Gasteiger partial charge is 0.340 e. The van der Waals surface area contributed by atoms with Gasteiger partial charge in [-0.3, -0.25) is 9.69 Å². The number of nitrogens with two attached hydrogens (primary N) is 1. The van der Waals surface area contributed by atoms with Crippen molar-refractivity contribution in [1.29, 1.82) is 0 Å². The van der Waals surface area contributed by atoms with Crippen molar-refractivity contribution >= 4 is 46.8 Å². The van der Waals surface area contributed by atoms with Crippen molar-refractivity contribution in [3.63, 3.8) is 0 Å². The number of esters is 1. The summed E-state index contributed by atoms with van der Waals surface area (Å²) in [5.41, 5.74) is 5.63. The molecule has 0 radical (unpaired) electrons. The normalized spacial score (nSPS) is 14.0. The third-order valence-electron chi connectivity index (χ3n) is 2.80. The summed E-state index contributed by atoms with van der Waals surface area (Å²) in [6, 6.07) is 2.16. The van der Waals surface area contributed by atoms with Gasteiger partial charge in [-0.15, -0.1) is 0 Å². The number of carbonyl (C=O) groups excluding carboxylic acids is 3. The minimum Gasteiger partial charge on any atom is -0.452 e. The van der Waals surface area contributed by atoms with E-state index in [0.717, 1.165) is 4.90 Å². The monoisotopic (exact) mass is 331 g/mol. The first-order valence-electron chi connectivity index (χ1n) is 5.90. The first kappa shape index (κ1) is 15.4. The molecule has 7 nitrogen and oxygen atoms in total. The summed E-state index contributed by atoms with van der Waals surface area (Å²) < 4.78 is 4.83. The van der Waals surface area contributed by atoms with Crippen LogP contribution in [0.3, 0.4) is 0 Å². The summed E-state index contributed by atoms with van der Waals surface area (Å²) in [6.45, 7) is 0.0333. The van der Waals surface area contributed by atoms with E-state index >= 15 is 0 Å². The molecule has 9 heteroatoms. The molecular weight excluding hydrogens is 321 g/mol. The van der Waals surface area contributed by atoms with Crippen LogP contribution in [0, 0.1) is 0 Å². The van der Waals surface area contributed by atoms with E-state index in [1.807, 2.05) is 0 Å². The largest absolute Gasteiger partial charge is 0.452 e. The van der Waals surface area contributed by atoms with Crippen molar-refractivity contribution in [2.75, 3.05) is 25.4 Å². The van der Waals surface area contributed by atoms with Gasteiger partial charge in [0.15, 0.2) is 6.61 Å². The molecule has 3 N–H and O–H groups in total. The lowest BCUT2D eigenvalue weighted by Gasteiger charge is -2.13. The Bertz CT molecular complexity index is 621. The zero-order chi connectivity index (χ0) is 15.6. The highest BCUT2D eigenvalue weighted by molar-refractivity contribution is 6.37. The summed E-state index contributed by atoms with van der Waals surface area (Å²) >= 11 is 11.6. The van der Waals surface area contributed by atoms with Crippen molar-refractivity contribution in [2.24, 2.45) is 0 Å². The molecule has 0 aromatic heterocycles. The zero-order valence-corrected chi connectivity index (χ0v) is 12.2. The van der Waals surface area contributed by atoms with E-state index in [0.29, 0.717) is 6.54 Å². The maximum absolute atomic E-state index is 11.9. The van der Waals surface area contributed by atoms with Gasteiger partial charge < -0.3 is 15.8 Å². The molecule has 1 aromatic rings. The lowest BCUT2D eigenvalue weighted by Crippen LogP contribution is -2.37. The Morgan fingerprint density at radius 2 is 2.10 bits per heavy atom. The Hall–Kier alpha value is -1.99. The summed E-state index contributed by atoms with van der Waals surface area (Å²) in [5.74, 6) is -1.46. The fourth-order valence-corrected chi connectivity index (χ4v) is 2.24. The maximum atomic E-state index is 11.9. The van der Waals surface area contributed by atoms with Crippen molar-refractivity contribution in [3.8, 4) is 0 Å². The SMILES string of the molecule is Nc1c(Cl)cc(Cl)cc1C(=O)OCC(=O)N1CCNC1=O. The first-order chi connectivity index (χ1) is 9.90. The van der Waals surface area contributed by atoms with E-state index in [1.54, 1.807) is 0 Å². The fourth-order valence-electron chi connectivity index (χ4n) is 1.75. The van der Waals surface area contributed by atoms with Crippen molar-refractivity contribution < 1.29 is 19.1 Å². The number of amides is 3. The molecule has 1 heterocycles. The molecule has 21 heavy (non-hydrogen) atoms. The van der Waals surface area contributed by atoms with Gasteiger partial charge in [-0.05, 0) is 12.1 Å². The van der Waals surface area contributed by atoms with E-state index < -0.39 is 24.5 Å². The number of imide groups is 1. The van der Waals surface area contributed by atoms with Crippen LogP contribution < -0.4 is 11.1 Å². The Labute approximate surface area is 129 Å². The average Bonchev–Trinajstić information content (AvgIpc) is 2.86. The predicted octanol–water partition coefficient (Wildman–Crippen LogP) is 1.28. The minimum absolute atomic E-state index is 0.0115. The Balaban J connectivity index is 2.02. The van der Waals surface area contributed by atoms with Crippen LogP contribution >= 0.6 is 23.2 Å². The van der Waals surface area contributed by atoms with Gasteiger partial charge in [0.25, 0.3) is 5.91 Å². The van der Waals surface area contributed by atoms with Crippen LogP contribution in [0.1, 0.15) is 10.4 Å². The number of hydrogen-bond acceptors (Lipinski definition) is 5. The number of halogens is 2. The van der Waals surface area contributed by atoms with E-state index in [4.69, 9.17) is 33.7 Å². The number of anilines is 1. The summed E-state index contributed by atoms with van der Waals surface area (Å²) in [5, 5.41) is 2.79. The number of ether oxygens (including phenoxy) is 1. The molecule has 112 valence electrons. The third kappa shape index (κ3) is 3.37. The molecule has 0 saturated carbocycles. The van der Waals surface area contributed by atoms with Crippen molar-refractivity contribution in [3.05, 3.63) is 27.7 Å². The summed E-state index contributed by atoms with van der Waals surface area (Å²) in [4.78, 5) is 35.8. The number of nitrogens with one attached hydrogen (secondary N) is 1. The number of benzene rings is 1.